The second-order valence-electron chi connectivity index (χ2n) is 4.33. The Kier molecular flexibility index (Phi) is 4.86. The Morgan fingerprint density at radius 1 is 1.23 bits per heavy atom. The molecule has 0 saturated heterocycles. The molecule has 0 N–H and O–H groups in total. The summed E-state index contributed by atoms with van der Waals surface area (Å²) in [6.45, 7) is 0. The van der Waals surface area contributed by atoms with E-state index in [9.17, 15) is 13.7 Å². The molecule has 4 nitrogen and oxygen atoms in total. The second kappa shape index (κ2) is 6.65. The van der Waals surface area contributed by atoms with Gasteiger partial charge in [-0.05, 0) is 35.9 Å². The van der Waals surface area contributed by atoms with Crippen LogP contribution in [0.3, 0.4) is 0 Å². The van der Waals surface area contributed by atoms with Crippen LogP contribution in [0.1, 0.15) is 5.56 Å². The molecule has 0 aliphatic heterocycles. The van der Waals surface area contributed by atoms with Crippen molar-refractivity contribution in [2.24, 2.45) is 0 Å². The molecule has 0 fully saturated rings. The third kappa shape index (κ3) is 3.30. The van der Waals surface area contributed by atoms with Crippen LogP contribution in [0.15, 0.2) is 58.3 Å². The lowest BCUT2D eigenvalue weighted by molar-refractivity contribution is 0.415. The van der Waals surface area contributed by atoms with Crippen LogP contribution in [0.4, 0.5) is 0 Å². The van der Waals surface area contributed by atoms with E-state index >= 15 is 0 Å². The van der Waals surface area contributed by atoms with Crippen LogP contribution in [0.25, 0.3) is 6.08 Å². The first kappa shape index (κ1) is 16.1. The van der Waals surface area contributed by atoms with Crippen LogP contribution >= 0.6 is 11.6 Å². The third-order valence-electron chi connectivity index (χ3n) is 2.93. The molecule has 0 heterocycles. The number of allylic oxidation sites excluding steroid dienone is 1. The maximum atomic E-state index is 12.4. The quantitative estimate of drug-likeness (QED) is 0.800. The van der Waals surface area contributed by atoms with E-state index in [0.717, 1.165) is 0 Å². The van der Waals surface area contributed by atoms with Crippen molar-refractivity contribution in [2.45, 2.75) is 4.90 Å². The Morgan fingerprint density at radius 2 is 1.91 bits per heavy atom. The lowest BCUT2D eigenvalue weighted by Crippen LogP contribution is -2.03. The van der Waals surface area contributed by atoms with Crippen molar-refractivity contribution in [2.75, 3.05) is 7.11 Å². The minimum Gasteiger partial charge on any atom is -0.495 e. The van der Waals surface area contributed by atoms with Gasteiger partial charge in [-0.15, -0.1) is 0 Å². The van der Waals surface area contributed by atoms with Crippen molar-refractivity contribution in [3.63, 3.8) is 0 Å². The maximum Gasteiger partial charge on any atom is 0.216 e. The molecule has 6 heteroatoms. The van der Waals surface area contributed by atoms with E-state index < -0.39 is 9.84 Å². The van der Waals surface area contributed by atoms with Gasteiger partial charge in [0.05, 0.1) is 17.0 Å². The summed E-state index contributed by atoms with van der Waals surface area (Å²) in [5.41, 5.74) is 0.502. The highest BCUT2D eigenvalue weighted by molar-refractivity contribution is 7.95. The molecule has 0 spiro atoms. The van der Waals surface area contributed by atoms with Crippen molar-refractivity contribution in [1.29, 1.82) is 5.26 Å². The van der Waals surface area contributed by atoms with Crippen molar-refractivity contribution in [3.8, 4) is 11.8 Å². The van der Waals surface area contributed by atoms with E-state index in [2.05, 4.69) is 0 Å². The van der Waals surface area contributed by atoms with Crippen molar-refractivity contribution in [1.82, 2.24) is 0 Å². The van der Waals surface area contributed by atoms with Crippen LogP contribution < -0.4 is 4.74 Å². The Hall–Kier alpha value is -2.29. The van der Waals surface area contributed by atoms with E-state index in [1.165, 1.54) is 31.4 Å². The molecule has 0 unspecified atom stereocenters. The molecule has 22 heavy (non-hydrogen) atoms. The number of hydrogen-bond acceptors (Lipinski definition) is 4. The number of benzene rings is 2. The average Bonchev–Trinajstić information content (AvgIpc) is 2.53. The molecule has 112 valence electrons. The highest BCUT2D eigenvalue weighted by atomic mass is 35.5. The smallest absolute Gasteiger partial charge is 0.216 e. The average molecular weight is 334 g/mol. The van der Waals surface area contributed by atoms with Gasteiger partial charge in [-0.25, -0.2) is 8.42 Å². The summed E-state index contributed by atoms with van der Waals surface area (Å²) in [5.74, 6) is 0.475. The molecule has 0 amide bonds. The van der Waals surface area contributed by atoms with E-state index in [1.54, 1.807) is 36.4 Å². The lowest BCUT2D eigenvalue weighted by Gasteiger charge is -2.05. The molecule has 0 radical (unpaired) electrons. The van der Waals surface area contributed by atoms with E-state index in [4.69, 9.17) is 16.3 Å². The third-order valence-corrected chi connectivity index (χ3v) is 4.90. The minimum absolute atomic E-state index is 0.0717. The van der Waals surface area contributed by atoms with Gasteiger partial charge in [0.15, 0.2) is 0 Å². The van der Waals surface area contributed by atoms with Gasteiger partial charge in [-0.2, -0.15) is 5.26 Å². The fourth-order valence-electron chi connectivity index (χ4n) is 1.82. The molecule has 0 bridgehead atoms. The summed E-state index contributed by atoms with van der Waals surface area (Å²) >= 11 is 6.00. The molecule has 0 aliphatic carbocycles. The minimum atomic E-state index is -3.85. The van der Waals surface area contributed by atoms with Crippen LogP contribution in [0, 0.1) is 11.3 Å². The zero-order valence-corrected chi connectivity index (χ0v) is 13.2. The number of methoxy groups -OCH3 is 1. The van der Waals surface area contributed by atoms with Gasteiger partial charge < -0.3 is 4.74 Å². The molecule has 2 rings (SSSR count). The van der Waals surface area contributed by atoms with Crippen molar-refractivity contribution >= 4 is 27.5 Å². The second-order valence-corrected chi connectivity index (χ2v) is 6.66. The van der Waals surface area contributed by atoms with Gasteiger partial charge >= 0.3 is 0 Å². The number of hydrogen-bond donors (Lipinski definition) is 0. The number of nitriles is 1. The molecule has 0 aromatic heterocycles. The first-order valence-corrected chi connectivity index (χ1v) is 8.10. The van der Waals surface area contributed by atoms with E-state index in [0.29, 0.717) is 16.3 Å². The number of ether oxygens (including phenoxy) is 1. The predicted octanol–water partition coefficient (Wildman–Crippen LogP) is 3.69. The van der Waals surface area contributed by atoms with Gasteiger partial charge in [0, 0.05) is 0 Å². The van der Waals surface area contributed by atoms with Crippen molar-refractivity contribution in [3.05, 3.63) is 64.0 Å². The normalized spacial score (nSPS) is 11.8. The number of rotatable bonds is 4. The highest BCUT2D eigenvalue weighted by Gasteiger charge is 2.20. The molecule has 0 aliphatic rings. The fraction of sp³-hybridized carbons (Fsp3) is 0.0625. The Bertz CT molecular complexity index is 853. The summed E-state index contributed by atoms with van der Waals surface area (Å²) < 4.78 is 29.9. The summed E-state index contributed by atoms with van der Waals surface area (Å²) in [7, 11) is -2.37. The van der Waals surface area contributed by atoms with E-state index in [1.807, 2.05) is 0 Å². The topological polar surface area (TPSA) is 67.2 Å². The fourth-order valence-corrected chi connectivity index (χ4v) is 3.27. The maximum absolute atomic E-state index is 12.4. The largest absolute Gasteiger partial charge is 0.495 e. The predicted molar refractivity (Wildman–Crippen MR) is 85.2 cm³/mol. The van der Waals surface area contributed by atoms with Gasteiger partial charge in [0.2, 0.25) is 9.84 Å². The van der Waals surface area contributed by atoms with Crippen LogP contribution in [-0.2, 0) is 9.84 Å². The molecular weight excluding hydrogens is 322 g/mol. The Balaban J connectivity index is 2.49. The molecule has 0 atom stereocenters. The van der Waals surface area contributed by atoms with Gasteiger partial charge in [-0.3, -0.25) is 0 Å². The number of nitrogens with zero attached hydrogens (tertiary/aromatic N) is 1. The first-order valence-electron chi connectivity index (χ1n) is 6.24. The number of halogens is 1. The Morgan fingerprint density at radius 3 is 2.45 bits per heavy atom. The standard InChI is InChI=1S/C16H12ClNO3S/c1-21-16-8-7-12(10-15(16)17)9-14(11-18)22(19,20)13-5-3-2-4-6-13/h2-10H,1H3/b14-9+. The van der Waals surface area contributed by atoms with Gasteiger partial charge in [-0.1, -0.05) is 35.9 Å². The molecule has 0 saturated carbocycles. The SMILES string of the molecule is COc1ccc(/C=C(\C#N)S(=O)(=O)c2ccccc2)cc1Cl. The zero-order valence-electron chi connectivity index (χ0n) is 11.7. The molecular formula is C16H12ClNO3S. The van der Waals surface area contributed by atoms with Crippen LogP contribution in [0.5, 0.6) is 5.75 Å². The number of sulfone groups is 1. The molecule has 2 aromatic rings. The van der Waals surface area contributed by atoms with Crippen molar-refractivity contribution < 1.29 is 13.2 Å². The van der Waals surface area contributed by atoms with Gasteiger partial charge in [0.25, 0.3) is 0 Å². The molecule has 2 aromatic carbocycles. The zero-order chi connectivity index (χ0) is 16.2. The monoisotopic (exact) mass is 333 g/mol. The summed E-state index contributed by atoms with van der Waals surface area (Å²) in [6.07, 6.45) is 1.29. The first-order chi connectivity index (χ1) is 10.5. The summed E-state index contributed by atoms with van der Waals surface area (Å²) in [4.78, 5) is -0.276. The highest BCUT2D eigenvalue weighted by Crippen LogP contribution is 2.27. The van der Waals surface area contributed by atoms with E-state index in [-0.39, 0.29) is 9.80 Å². The Labute approximate surface area is 134 Å². The summed E-state index contributed by atoms with van der Waals surface area (Å²) in [5, 5.41) is 9.54. The van der Waals surface area contributed by atoms with Crippen LogP contribution in [-0.4, -0.2) is 15.5 Å². The van der Waals surface area contributed by atoms with Gasteiger partial charge in [0.1, 0.15) is 16.7 Å². The lowest BCUT2D eigenvalue weighted by atomic mass is 10.2. The summed E-state index contributed by atoms with van der Waals surface area (Å²) in [6, 6.07) is 14.3. The van der Waals surface area contributed by atoms with Crippen LogP contribution in [0.2, 0.25) is 5.02 Å².